The van der Waals surface area contributed by atoms with Crippen LogP contribution in [0.3, 0.4) is 0 Å². The summed E-state index contributed by atoms with van der Waals surface area (Å²) in [5.41, 5.74) is 4.42. The molecule has 3 rings (SSSR count). The Hall–Kier alpha value is -2.30. The number of aromatic nitrogens is 2. The Labute approximate surface area is 118 Å². The molecule has 104 valence electrons. The second-order valence-corrected chi connectivity index (χ2v) is 5.11. The fourth-order valence-corrected chi connectivity index (χ4v) is 2.67. The monoisotopic (exact) mass is 270 g/mol. The largest absolute Gasteiger partial charge is 0.365 e. The van der Waals surface area contributed by atoms with E-state index in [-0.39, 0.29) is 5.91 Å². The zero-order valence-electron chi connectivity index (χ0n) is 11.5. The van der Waals surface area contributed by atoms with Crippen LogP contribution in [0.25, 0.3) is 0 Å². The van der Waals surface area contributed by atoms with E-state index in [2.05, 4.69) is 32.3 Å². The summed E-state index contributed by atoms with van der Waals surface area (Å²) < 4.78 is 0. The SMILES string of the molecule is CC(=O)Nc1ccc2c(c1)N(Cc1c[nH]cn1)CCC2. The first-order valence-electron chi connectivity index (χ1n) is 6.85. The number of imidazole rings is 1. The Bertz CT molecular complexity index is 606. The molecule has 2 aromatic rings. The molecule has 1 aliphatic rings. The minimum atomic E-state index is -0.0420. The van der Waals surface area contributed by atoms with Gasteiger partial charge in [0.2, 0.25) is 5.91 Å². The van der Waals surface area contributed by atoms with Gasteiger partial charge in [-0.05, 0) is 30.5 Å². The number of anilines is 2. The number of amides is 1. The standard InChI is InChI=1S/C15H18N4O/c1-11(20)18-13-5-4-12-3-2-6-19(15(12)7-13)9-14-8-16-10-17-14/h4-5,7-8,10H,2-3,6,9H2,1H3,(H,16,17)(H,18,20). The number of nitrogens with zero attached hydrogens (tertiary/aromatic N) is 2. The van der Waals surface area contributed by atoms with Gasteiger partial charge >= 0.3 is 0 Å². The Balaban J connectivity index is 1.87. The van der Waals surface area contributed by atoms with Crippen LogP contribution in [0.15, 0.2) is 30.7 Å². The van der Waals surface area contributed by atoms with Crippen LogP contribution in [0, 0.1) is 0 Å². The van der Waals surface area contributed by atoms with Crippen LogP contribution in [-0.4, -0.2) is 22.4 Å². The highest BCUT2D eigenvalue weighted by atomic mass is 16.1. The molecule has 1 aromatic heterocycles. The molecule has 0 bridgehead atoms. The first kappa shape index (κ1) is 12.7. The van der Waals surface area contributed by atoms with Crippen molar-refractivity contribution in [3.05, 3.63) is 42.0 Å². The molecule has 0 atom stereocenters. The third-order valence-electron chi connectivity index (χ3n) is 3.53. The molecule has 5 nitrogen and oxygen atoms in total. The van der Waals surface area contributed by atoms with Gasteiger partial charge in [-0.1, -0.05) is 6.07 Å². The first-order chi connectivity index (χ1) is 9.72. The summed E-state index contributed by atoms with van der Waals surface area (Å²) >= 11 is 0. The third-order valence-corrected chi connectivity index (χ3v) is 3.53. The van der Waals surface area contributed by atoms with E-state index >= 15 is 0 Å². The predicted octanol–water partition coefficient (Wildman–Crippen LogP) is 2.32. The maximum absolute atomic E-state index is 11.2. The van der Waals surface area contributed by atoms with Crippen LogP contribution < -0.4 is 10.2 Å². The molecule has 0 saturated carbocycles. The average molecular weight is 270 g/mol. The van der Waals surface area contributed by atoms with Gasteiger partial charge in [0.05, 0.1) is 18.6 Å². The lowest BCUT2D eigenvalue weighted by Gasteiger charge is -2.31. The lowest BCUT2D eigenvalue weighted by molar-refractivity contribution is -0.114. The molecule has 0 unspecified atom stereocenters. The van der Waals surface area contributed by atoms with Crippen molar-refractivity contribution in [3.8, 4) is 0 Å². The van der Waals surface area contributed by atoms with Gasteiger partial charge in [0, 0.05) is 31.0 Å². The highest BCUT2D eigenvalue weighted by Crippen LogP contribution is 2.30. The molecule has 0 spiro atoms. The molecule has 0 radical (unpaired) electrons. The van der Waals surface area contributed by atoms with E-state index < -0.39 is 0 Å². The molecule has 0 fully saturated rings. The summed E-state index contributed by atoms with van der Waals surface area (Å²) in [6.07, 6.45) is 5.86. The minimum Gasteiger partial charge on any atom is -0.365 e. The van der Waals surface area contributed by atoms with Gasteiger partial charge in [-0.3, -0.25) is 4.79 Å². The number of hydrogen-bond acceptors (Lipinski definition) is 3. The van der Waals surface area contributed by atoms with Gasteiger partial charge in [-0.25, -0.2) is 4.98 Å². The fraction of sp³-hybridized carbons (Fsp3) is 0.333. The zero-order valence-corrected chi connectivity index (χ0v) is 11.5. The van der Waals surface area contributed by atoms with Gasteiger partial charge < -0.3 is 15.2 Å². The number of fused-ring (bicyclic) bond motifs is 1. The summed E-state index contributed by atoms with van der Waals surface area (Å²) in [6.45, 7) is 3.34. The second-order valence-electron chi connectivity index (χ2n) is 5.11. The molecule has 1 amide bonds. The molecule has 0 saturated heterocycles. The van der Waals surface area contributed by atoms with Crippen molar-refractivity contribution in [2.24, 2.45) is 0 Å². The van der Waals surface area contributed by atoms with Crippen LogP contribution in [0.1, 0.15) is 24.6 Å². The number of nitrogens with one attached hydrogen (secondary N) is 2. The predicted molar refractivity (Wildman–Crippen MR) is 78.7 cm³/mol. The Morgan fingerprint density at radius 1 is 1.50 bits per heavy atom. The highest BCUT2D eigenvalue weighted by molar-refractivity contribution is 5.89. The van der Waals surface area contributed by atoms with Gasteiger partial charge in [-0.2, -0.15) is 0 Å². The van der Waals surface area contributed by atoms with E-state index in [0.29, 0.717) is 0 Å². The van der Waals surface area contributed by atoms with Gasteiger partial charge in [0.15, 0.2) is 0 Å². The lowest BCUT2D eigenvalue weighted by atomic mass is 10.0. The van der Waals surface area contributed by atoms with Crippen molar-refractivity contribution in [2.75, 3.05) is 16.8 Å². The fourth-order valence-electron chi connectivity index (χ4n) is 2.67. The number of rotatable bonds is 3. The molecule has 1 aliphatic heterocycles. The average Bonchev–Trinajstić information content (AvgIpc) is 2.92. The Kier molecular flexibility index (Phi) is 3.41. The van der Waals surface area contributed by atoms with E-state index in [1.54, 1.807) is 6.33 Å². The summed E-state index contributed by atoms with van der Waals surface area (Å²) in [5, 5.41) is 2.85. The molecule has 2 N–H and O–H groups in total. The Morgan fingerprint density at radius 3 is 3.15 bits per heavy atom. The second kappa shape index (κ2) is 5.36. The third kappa shape index (κ3) is 2.66. The first-order valence-corrected chi connectivity index (χ1v) is 6.85. The van der Waals surface area contributed by atoms with Gasteiger partial charge in [-0.15, -0.1) is 0 Å². The van der Waals surface area contributed by atoms with E-state index in [1.807, 2.05) is 12.3 Å². The Morgan fingerprint density at radius 2 is 2.40 bits per heavy atom. The number of aromatic amines is 1. The molecular weight excluding hydrogens is 252 g/mol. The number of aryl methyl sites for hydroxylation is 1. The van der Waals surface area contributed by atoms with Crippen molar-refractivity contribution in [1.29, 1.82) is 0 Å². The van der Waals surface area contributed by atoms with Crippen LogP contribution in [0.4, 0.5) is 11.4 Å². The van der Waals surface area contributed by atoms with Crippen molar-refractivity contribution in [2.45, 2.75) is 26.3 Å². The van der Waals surface area contributed by atoms with Crippen LogP contribution in [0.2, 0.25) is 0 Å². The highest BCUT2D eigenvalue weighted by Gasteiger charge is 2.18. The number of carbonyl (C=O) groups excluding carboxylic acids is 1. The maximum Gasteiger partial charge on any atom is 0.221 e. The number of hydrogen-bond donors (Lipinski definition) is 2. The molecule has 20 heavy (non-hydrogen) atoms. The quantitative estimate of drug-likeness (QED) is 0.899. The maximum atomic E-state index is 11.2. The van der Waals surface area contributed by atoms with Crippen LogP contribution in [0.5, 0.6) is 0 Å². The zero-order chi connectivity index (χ0) is 13.9. The van der Waals surface area contributed by atoms with Crippen LogP contribution >= 0.6 is 0 Å². The number of benzene rings is 1. The summed E-state index contributed by atoms with van der Waals surface area (Å²) in [4.78, 5) is 20.8. The summed E-state index contributed by atoms with van der Waals surface area (Å²) in [5.74, 6) is -0.0420. The van der Waals surface area contributed by atoms with Gasteiger partial charge in [0.25, 0.3) is 0 Å². The molecule has 5 heteroatoms. The van der Waals surface area contributed by atoms with Gasteiger partial charge in [0.1, 0.15) is 0 Å². The molecular formula is C15H18N4O. The summed E-state index contributed by atoms with van der Waals surface area (Å²) in [7, 11) is 0. The van der Waals surface area contributed by atoms with E-state index in [0.717, 1.165) is 37.3 Å². The van der Waals surface area contributed by atoms with Crippen LogP contribution in [-0.2, 0) is 17.8 Å². The van der Waals surface area contributed by atoms with E-state index in [1.165, 1.54) is 18.2 Å². The van der Waals surface area contributed by atoms with Crippen molar-refractivity contribution < 1.29 is 4.79 Å². The van der Waals surface area contributed by atoms with Crippen molar-refractivity contribution >= 4 is 17.3 Å². The molecule has 0 aliphatic carbocycles. The lowest BCUT2D eigenvalue weighted by Crippen LogP contribution is -2.29. The molecule has 2 heterocycles. The summed E-state index contributed by atoms with van der Waals surface area (Å²) in [6, 6.07) is 6.14. The topological polar surface area (TPSA) is 61.0 Å². The van der Waals surface area contributed by atoms with Crippen molar-refractivity contribution in [1.82, 2.24) is 9.97 Å². The smallest absolute Gasteiger partial charge is 0.221 e. The number of H-pyrrole nitrogens is 1. The van der Waals surface area contributed by atoms with E-state index in [9.17, 15) is 4.79 Å². The van der Waals surface area contributed by atoms with E-state index in [4.69, 9.17) is 0 Å². The normalized spacial score (nSPS) is 13.9. The number of carbonyl (C=O) groups is 1. The molecule has 1 aromatic carbocycles. The van der Waals surface area contributed by atoms with Crippen molar-refractivity contribution in [3.63, 3.8) is 0 Å². The minimum absolute atomic E-state index is 0.0420.